The van der Waals surface area contributed by atoms with Gasteiger partial charge in [0, 0.05) is 17.8 Å². The van der Waals surface area contributed by atoms with Crippen LogP contribution in [0.1, 0.15) is 56.3 Å². The largest absolute Gasteiger partial charge is 0.506 e. The maximum atomic E-state index is 13.1. The van der Waals surface area contributed by atoms with Crippen LogP contribution in [0, 0.1) is 22.7 Å². The van der Waals surface area contributed by atoms with Crippen LogP contribution in [0.3, 0.4) is 0 Å². The molecule has 1 aromatic rings. The van der Waals surface area contributed by atoms with Crippen molar-refractivity contribution in [1.29, 1.82) is 0 Å². The Bertz CT molecular complexity index is 1080. The van der Waals surface area contributed by atoms with Crippen LogP contribution in [-0.2, 0) is 14.3 Å². The molecule has 5 aliphatic rings. The van der Waals surface area contributed by atoms with Crippen LogP contribution in [0.4, 0.5) is 5.69 Å². The second kappa shape index (κ2) is 6.57. The smallest absolute Gasteiger partial charge is 0.339 e. The maximum absolute atomic E-state index is 13.1. The van der Waals surface area contributed by atoms with Gasteiger partial charge in [-0.05, 0) is 62.1 Å². The Balaban J connectivity index is 1.36. The first-order valence-electron chi connectivity index (χ1n) is 11.0. The van der Waals surface area contributed by atoms with Crippen molar-refractivity contribution in [3.05, 3.63) is 29.8 Å². The van der Waals surface area contributed by atoms with Gasteiger partial charge in [0.1, 0.15) is 17.0 Å². The van der Waals surface area contributed by atoms with Crippen molar-refractivity contribution in [2.24, 2.45) is 22.7 Å². The number of phenols is 2. The number of anilines is 1. The molecular formula is C24H27NO7. The number of aromatic carboxylic acids is 1. The predicted molar refractivity (Wildman–Crippen MR) is 113 cm³/mol. The van der Waals surface area contributed by atoms with E-state index in [4.69, 9.17) is 9.84 Å². The number of carbonyl (C=O) groups excluding carboxylic acids is 2. The predicted octanol–water partition coefficient (Wildman–Crippen LogP) is 3.23. The fourth-order valence-corrected chi connectivity index (χ4v) is 7.09. The zero-order chi connectivity index (χ0) is 23.1. The number of rotatable bonds is 5. The van der Waals surface area contributed by atoms with E-state index in [9.17, 15) is 24.6 Å². The third-order valence-corrected chi connectivity index (χ3v) is 8.44. The Labute approximate surface area is 185 Å². The van der Waals surface area contributed by atoms with Crippen LogP contribution >= 0.6 is 0 Å². The molecule has 1 spiro atoms. The Morgan fingerprint density at radius 3 is 2.69 bits per heavy atom. The molecule has 1 amide bonds. The molecule has 170 valence electrons. The number of amides is 1. The van der Waals surface area contributed by atoms with Crippen LogP contribution in [0.2, 0.25) is 0 Å². The first-order valence-corrected chi connectivity index (χ1v) is 11.0. The maximum Gasteiger partial charge on any atom is 0.339 e. The zero-order valence-corrected chi connectivity index (χ0v) is 18.1. The van der Waals surface area contributed by atoms with Gasteiger partial charge >= 0.3 is 5.97 Å². The minimum absolute atomic E-state index is 0.00395. The number of carboxylic acid groups (broad SMARTS) is 1. The standard InChI is InChI=1S/C24H27NO7/c1-22(7-6-17(28)25-18-14(26)4-3-13(19(18)29)21(30)31)16(27)5-8-24-10-12-9-15(20(22)24)32-23(12,2)11-24/h3-5,8,12,15,20,26,29H,6-7,9-11H2,1-2H3,(H,25,28)(H,30,31)/t12?,15-,20?,22+,23+,24-/m1/s1. The van der Waals surface area contributed by atoms with E-state index in [1.165, 1.54) is 0 Å². The summed E-state index contributed by atoms with van der Waals surface area (Å²) in [6.45, 7) is 4.08. The van der Waals surface area contributed by atoms with Crippen molar-refractivity contribution in [1.82, 2.24) is 0 Å². The zero-order valence-electron chi connectivity index (χ0n) is 18.1. The number of allylic oxidation sites excluding steroid dienone is 2. The van der Waals surface area contributed by atoms with Gasteiger partial charge in [0.2, 0.25) is 5.91 Å². The van der Waals surface area contributed by atoms with Gasteiger partial charge in [0.15, 0.2) is 11.5 Å². The quantitative estimate of drug-likeness (QED) is 0.516. The fraction of sp³-hybridized carbons (Fsp3) is 0.542. The van der Waals surface area contributed by atoms with E-state index in [-0.39, 0.29) is 47.4 Å². The molecule has 8 heteroatoms. The summed E-state index contributed by atoms with van der Waals surface area (Å²) < 4.78 is 6.41. The van der Waals surface area contributed by atoms with Crippen molar-refractivity contribution >= 4 is 23.3 Å². The summed E-state index contributed by atoms with van der Waals surface area (Å²) in [5.74, 6) is -2.55. The molecule has 2 saturated carbocycles. The number of hydrogen-bond donors (Lipinski definition) is 4. The molecule has 6 atom stereocenters. The third kappa shape index (κ3) is 2.75. The molecule has 2 saturated heterocycles. The van der Waals surface area contributed by atoms with E-state index in [0.717, 1.165) is 31.4 Å². The van der Waals surface area contributed by atoms with E-state index in [0.29, 0.717) is 5.92 Å². The highest BCUT2D eigenvalue weighted by Gasteiger charge is 2.71. The number of ether oxygens (including phenoxy) is 1. The highest BCUT2D eigenvalue weighted by molar-refractivity contribution is 6.00. The summed E-state index contributed by atoms with van der Waals surface area (Å²) in [5.41, 5.74) is -1.75. The first-order chi connectivity index (χ1) is 15.0. The lowest BCUT2D eigenvalue weighted by Gasteiger charge is -2.55. The van der Waals surface area contributed by atoms with Crippen LogP contribution in [0.25, 0.3) is 0 Å². The minimum atomic E-state index is -1.38. The van der Waals surface area contributed by atoms with Crippen molar-refractivity contribution in [3.8, 4) is 11.5 Å². The molecule has 4 bridgehead atoms. The Morgan fingerprint density at radius 2 is 2.00 bits per heavy atom. The summed E-state index contributed by atoms with van der Waals surface area (Å²) in [7, 11) is 0. The number of benzene rings is 1. The number of carboxylic acids is 1. The van der Waals surface area contributed by atoms with Gasteiger partial charge < -0.3 is 25.4 Å². The molecule has 6 rings (SSSR count). The van der Waals surface area contributed by atoms with Crippen LogP contribution < -0.4 is 5.32 Å². The molecule has 2 heterocycles. The lowest BCUT2D eigenvalue weighted by Crippen LogP contribution is -2.56. The van der Waals surface area contributed by atoms with Gasteiger partial charge in [-0.2, -0.15) is 0 Å². The number of ketones is 1. The lowest BCUT2D eigenvalue weighted by molar-refractivity contribution is -0.169. The highest BCUT2D eigenvalue weighted by Crippen LogP contribution is 2.71. The van der Waals surface area contributed by atoms with Gasteiger partial charge in [-0.25, -0.2) is 4.79 Å². The second-order valence-corrected chi connectivity index (χ2v) is 10.3. The van der Waals surface area contributed by atoms with E-state index in [2.05, 4.69) is 18.3 Å². The Morgan fingerprint density at radius 1 is 1.25 bits per heavy atom. The topological polar surface area (TPSA) is 133 Å². The molecule has 0 aromatic heterocycles. The van der Waals surface area contributed by atoms with Crippen LogP contribution in [0.15, 0.2) is 24.3 Å². The summed E-state index contributed by atoms with van der Waals surface area (Å²) in [6, 6.07) is 2.16. The highest BCUT2D eigenvalue weighted by atomic mass is 16.5. The average Bonchev–Trinajstić information content (AvgIpc) is 3.08. The van der Waals surface area contributed by atoms with Crippen molar-refractivity contribution in [2.45, 2.75) is 57.7 Å². The number of carbonyl (C=O) groups is 3. The summed E-state index contributed by atoms with van der Waals surface area (Å²) in [4.78, 5) is 37.0. The molecule has 4 N–H and O–H groups in total. The molecule has 3 aliphatic carbocycles. The van der Waals surface area contributed by atoms with E-state index in [1.54, 1.807) is 6.08 Å². The van der Waals surface area contributed by atoms with E-state index < -0.39 is 34.4 Å². The summed E-state index contributed by atoms with van der Waals surface area (Å²) >= 11 is 0. The number of hydrogen-bond acceptors (Lipinski definition) is 6. The number of nitrogens with one attached hydrogen (secondary N) is 1. The number of aromatic hydroxyl groups is 2. The van der Waals surface area contributed by atoms with Gasteiger partial charge in [0.05, 0.1) is 11.7 Å². The Kier molecular flexibility index (Phi) is 4.31. The van der Waals surface area contributed by atoms with Gasteiger partial charge in [0.25, 0.3) is 0 Å². The first kappa shape index (κ1) is 21.0. The molecule has 0 radical (unpaired) electrons. The SMILES string of the molecule is C[C@]1(CCC(=O)Nc2c(O)ccc(C(=O)O)c2O)C(=O)C=C[C@@]23CC4C[C@@H](O[C@@]4(C)C2)C31. The van der Waals surface area contributed by atoms with Gasteiger partial charge in [-0.3, -0.25) is 9.59 Å². The van der Waals surface area contributed by atoms with Crippen molar-refractivity contribution in [3.63, 3.8) is 0 Å². The number of phenolic OH excluding ortho intramolecular Hbond substituents is 1. The van der Waals surface area contributed by atoms with E-state index in [1.807, 2.05) is 6.92 Å². The minimum Gasteiger partial charge on any atom is -0.506 e. The molecule has 4 fully saturated rings. The average molecular weight is 441 g/mol. The molecule has 2 unspecified atom stereocenters. The van der Waals surface area contributed by atoms with Crippen molar-refractivity contribution in [2.75, 3.05) is 5.32 Å². The van der Waals surface area contributed by atoms with Crippen molar-refractivity contribution < 1.29 is 34.4 Å². The molecule has 8 nitrogen and oxygen atoms in total. The normalized spacial score (nSPS) is 38.7. The van der Waals surface area contributed by atoms with Gasteiger partial charge in [-0.1, -0.05) is 13.0 Å². The van der Waals surface area contributed by atoms with Gasteiger partial charge in [-0.15, -0.1) is 0 Å². The third-order valence-electron chi connectivity index (χ3n) is 8.44. The monoisotopic (exact) mass is 441 g/mol. The van der Waals surface area contributed by atoms with Crippen LogP contribution in [0.5, 0.6) is 11.5 Å². The molecule has 2 aliphatic heterocycles. The lowest BCUT2D eigenvalue weighted by atomic mass is 9.51. The second-order valence-electron chi connectivity index (χ2n) is 10.3. The van der Waals surface area contributed by atoms with E-state index >= 15 is 0 Å². The summed E-state index contributed by atoms with van der Waals surface area (Å²) in [5, 5.41) is 31.7. The molecule has 1 aromatic carbocycles. The summed E-state index contributed by atoms with van der Waals surface area (Å²) in [6.07, 6.45) is 6.86. The molecular weight excluding hydrogens is 414 g/mol. The fourth-order valence-electron chi connectivity index (χ4n) is 7.09. The van der Waals surface area contributed by atoms with Crippen LogP contribution in [-0.4, -0.2) is 44.7 Å². The molecule has 32 heavy (non-hydrogen) atoms. The Hall–Kier alpha value is -2.87.